The molecule has 0 unspecified atom stereocenters. The number of primary amides is 1. The lowest BCUT2D eigenvalue weighted by atomic mass is 10.2. The summed E-state index contributed by atoms with van der Waals surface area (Å²) in [6, 6.07) is 2.15. The van der Waals surface area contributed by atoms with Gasteiger partial charge in [0.05, 0.1) is 0 Å². The first-order valence-corrected chi connectivity index (χ1v) is 7.17. The van der Waals surface area contributed by atoms with Gasteiger partial charge in [0.2, 0.25) is 0 Å². The third-order valence-corrected chi connectivity index (χ3v) is 3.33. The van der Waals surface area contributed by atoms with Gasteiger partial charge >= 0.3 is 6.03 Å². The number of nitrogens with zero attached hydrogens (tertiary/aromatic N) is 4. The fourth-order valence-electron chi connectivity index (χ4n) is 2.17. The number of hydrogen-bond donors (Lipinski definition) is 2. The van der Waals surface area contributed by atoms with Crippen LogP contribution >= 0.6 is 0 Å². The zero-order chi connectivity index (χ0) is 16.0. The van der Waals surface area contributed by atoms with Crippen LogP contribution in [0.3, 0.4) is 0 Å². The minimum Gasteiger partial charge on any atom is -0.369 e. The molecule has 7 nitrogen and oxygen atoms in total. The highest BCUT2D eigenvalue weighted by Crippen LogP contribution is 2.12. The lowest BCUT2D eigenvalue weighted by molar-refractivity contribution is 0.182. The Bertz CT molecular complexity index is 455. The minimum atomic E-state index is -0.551. The van der Waals surface area contributed by atoms with Gasteiger partial charge in [-0.15, -0.1) is 0 Å². The maximum absolute atomic E-state index is 11.1. The van der Waals surface area contributed by atoms with E-state index in [2.05, 4.69) is 47.9 Å². The van der Waals surface area contributed by atoms with Crippen LogP contribution in [-0.2, 0) is 0 Å². The molecule has 1 heterocycles. The van der Waals surface area contributed by atoms with Gasteiger partial charge in [0, 0.05) is 38.3 Å². The molecule has 1 aromatic rings. The van der Waals surface area contributed by atoms with E-state index < -0.39 is 6.03 Å². The molecule has 3 N–H and O–H groups in total. The lowest BCUT2D eigenvalue weighted by Crippen LogP contribution is -2.40. The standard InChI is InChI=1S/C14H26N6O/c1-10(2)20(11(3)4)7-6-16-12-8-13(18-9-17-12)19(5)14(15)21/h8-11H,6-7H2,1-5H3,(H2,15,21)(H,16,17,18). The smallest absolute Gasteiger partial charge is 0.320 e. The number of nitrogens with one attached hydrogen (secondary N) is 1. The van der Waals surface area contributed by atoms with Crippen molar-refractivity contribution in [2.24, 2.45) is 5.73 Å². The molecule has 0 bridgehead atoms. The van der Waals surface area contributed by atoms with Crippen LogP contribution in [0, 0.1) is 0 Å². The van der Waals surface area contributed by atoms with Crippen LogP contribution in [0.25, 0.3) is 0 Å². The summed E-state index contributed by atoms with van der Waals surface area (Å²) >= 11 is 0. The first-order valence-electron chi connectivity index (χ1n) is 7.17. The van der Waals surface area contributed by atoms with Crippen molar-refractivity contribution in [1.82, 2.24) is 14.9 Å². The quantitative estimate of drug-likeness (QED) is 0.796. The minimum absolute atomic E-state index is 0.476. The number of aromatic nitrogens is 2. The van der Waals surface area contributed by atoms with E-state index in [1.165, 1.54) is 11.2 Å². The molecule has 0 aromatic carbocycles. The summed E-state index contributed by atoms with van der Waals surface area (Å²) in [6.45, 7) is 10.4. The molecule has 1 rings (SSSR count). The molecule has 0 aliphatic heterocycles. The van der Waals surface area contributed by atoms with Gasteiger partial charge in [0.15, 0.2) is 0 Å². The molecule has 0 radical (unpaired) electrons. The number of amides is 2. The lowest BCUT2D eigenvalue weighted by Gasteiger charge is -2.30. The van der Waals surface area contributed by atoms with Gasteiger partial charge in [-0.1, -0.05) is 0 Å². The second kappa shape index (κ2) is 7.78. The van der Waals surface area contributed by atoms with E-state index >= 15 is 0 Å². The van der Waals surface area contributed by atoms with Crippen molar-refractivity contribution >= 4 is 17.7 Å². The third-order valence-electron chi connectivity index (χ3n) is 3.33. The predicted molar refractivity (Wildman–Crippen MR) is 85.5 cm³/mol. The summed E-state index contributed by atoms with van der Waals surface area (Å²) in [5.41, 5.74) is 5.22. The van der Waals surface area contributed by atoms with Crippen molar-refractivity contribution < 1.29 is 4.79 Å². The molecule has 118 valence electrons. The molecule has 0 aliphatic carbocycles. The zero-order valence-corrected chi connectivity index (χ0v) is 13.5. The summed E-state index contributed by atoms with van der Waals surface area (Å²) in [7, 11) is 1.58. The van der Waals surface area contributed by atoms with E-state index in [1.807, 2.05) is 0 Å². The van der Waals surface area contributed by atoms with Gasteiger partial charge in [-0.2, -0.15) is 0 Å². The highest BCUT2D eigenvalue weighted by molar-refractivity contribution is 5.89. The Hall–Kier alpha value is -1.89. The van der Waals surface area contributed by atoms with Gasteiger partial charge in [0.1, 0.15) is 18.0 Å². The average molecular weight is 294 g/mol. The van der Waals surface area contributed by atoms with Gasteiger partial charge in [-0.3, -0.25) is 9.80 Å². The summed E-state index contributed by atoms with van der Waals surface area (Å²) in [6.07, 6.45) is 1.42. The molecule has 7 heteroatoms. The molecular weight excluding hydrogens is 268 g/mol. The Labute approximate surface area is 126 Å². The average Bonchev–Trinajstić information content (AvgIpc) is 2.42. The van der Waals surface area contributed by atoms with Gasteiger partial charge < -0.3 is 11.1 Å². The SMILES string of the molecule is CC(C)N(CCNc1cc(N(C)C(N)=O)ncn1)C(C)C. The van der Waals surface area contributed by atoms with Gasteiger partial charge in [-0.25, -0.2) is 14.8 Å². The number of hydrogen-bond acceptors (Lipinski definition) is 5. The number of carbonyl (C=O) groups is 1. The van der Waals surface area contributed by atoms with Gasteiger partial charge in [-0.05, 0) is 27.7 Å². The summed E-state index contributed by atoms with van der Waals surface area (Å²) in [5.74, 6) is 1.16. The van der Waals surface area contributed by atoms with E-state index in [9.17, 15) is 4.79 Å². The first-order chi connectivity index (χ1) is 9.82. The topological polar surface area (TPSA) is 87.4 Å². The Kier molecular flexibility index (Phi) is 6.36. The molecule has 1 aromatic heterocycles. The molecule has 21 heavy (non-hydrogen) atoms. The fraction of sp³-hybridized carbons (Fsp3) is 0.643. The number of anilines is 2. The van der Waals surface area contributed by atoms with Crippen molar-refractivity contribution in [3.05, 3.63) is 12.4 Å². The number of nitrogens with two attached hydrogens (primary N) is 1. The number of urea groups is 1. The van der Waals surface area contributed by atoms with E-state index in [4.69, 9.17) is 5.73 Å². The highest BCUT2D eigenvalue weighted by Gasteiger charge is 2.13. The molecule has 0 atom stereocenters. The van der Waals surface area contributed by atoms with Crippen LogP contribution in [0.5, 0.6) is 0 Å². The molecular formula is C14H26N6O. The van der Waals surface area contributed by atoms with Crippen LogP contribution in [0.4, 0.5) is 16.4 Å². The van der Waals surface area contributed by atoms with E-state index in [0.29, 0.717) is 23.7 Å². The van der Waals surface area contributed by atoms with Crippen LogP contribution in [-0.4, -0.2) is 53.1 Å². The van der Waals surface area contributed by atoms with Crippen LogP contribution in [0.1, 0.15) is 27.7 Å². The van der Waals surface area contributed by atoms with Crippen molar-refractivity contribution in [3.8, 4) is 0 Å². The molecule has 0 spiro atoms. The second-order valence-corrected chi connectivity index (χ2v) is 5.51. The Morgan fingerprint density at radius 3 is 2.43 bits per heavy atom. The first kappa shape index (κ1) is 17.2. The van der Waals surface area contributed by atoms with Crippen molar-refractivity contribution in [2.75, 3.05) is 30.4 Å². The Morgan fingerprint density at radius 2 is 1.90 bits per heavy atom. The third kappa shape index (κ3) is 5.18. The predicted octanol–water partition coefficient (Wildman–Crippen LogP) is 1.52. The maximum atomic E-state index is 11.1. The zero-order valence-electron chi connectivity index (χ0n) is 13.5. The maximum Gasteiger partial charge on any atom is 0.320 e. The van der Waals surface area contributed by atoms with Crippen LogP contribution in [0.2, 0.25) is 0 Å². The van der Waals surface area contributed by atoms with Crippen LogP contribution < -0.4 is 16.0 Å². The molecule has 0 fully saturated rings. The summed E-state index contributed by atoms with van der Waals surface area (Å²) in [4.78, 5) is 23.0. The Morgan fingerprint density at radius 1 is 1.29 bits per heavy atom. The number of carbonyl (C=O) groups excluding carboxylic acids is 1. The molecule has 0 aliphatic rings. The van der Waals surface area contributed by atoms with E-state index in [0.717, 1.165) is 13.1 Å². The summed E-state index contributed by atoms with van der Waals surface area (Å²) < 4.78 is 0. The largest absolute Gasteiger partial charge is 0.369 e. The molecule has 0 saturated heterocycles. The molecule has 0 saturated carbocycles. The van der Waals surface area contributed by atoms with Crippen molar-refractivity contribution in [3.63, 3.8) is 0 Å². The monoisotopic (exact) mass is 294 g/mol. The van der Waals surface area contributed by atoms with E-state index in [1.54, 1.807) is 13.1 Å². The van der Waals surface area contributed by atoms with Crippen molar-refractivity contribution in [2.45, 2.75) is 39.8 Å². The second-order valence-electron chi connectivity index (χ2n) is 5.51. The normalized spacial score (nSPS) is 11.2. The number of rotatable bonds is 7. The molecule has 2 amide bonds. The van der Waals surface area contributed by atoms with Crippen LogP contribution in [0.15, 0.2) is 12.4 Å². The Balaban J connectivity index is 2.60. The van der Waals surface area contributed by atoms with Gasteiger partial charge in [0.25, 0.3) is 0 Å². The van der Waals surface area contributed by atoms with E-state index in [-0.39, 0.29) is 0 Å². The fourth-order valence-corrected chi connectivity index (χ4v) is 2.17. The summed E-state index contributed by atoms with van der Waals surface area (Å²) in [5, 5.41) is 3.25. The van der Waals surface area contributed by atoms with Crippen molar-refractivity contribution in [1.29, 1.82) is 0 Å². The highest BCUT2D eigenvalue weighted by atomic mass is 16.2.